The van der Waals surface area contributed by atoms with Crippen LogP contribution in [0.5, 0.6) is 0 Å². The maximum atomic E-state index is 11.6. The molecule has 1 heterocycles. The van der Waals surface area contributed by atoms with Crippen molar-refractivity contribution >= 4 is 11.9 Å². The van der Waals surface area contributed by atoms with Crippen LogP contribution < -0.4 is 16.6 Å². The van der Waals surface area contributed by atoms with Gasteiger partial charge in [0.15, 0.2) is 0 Å². The highest BCUT2D eigenvalue weighted by molar-refractivity contribution is 5.93. The number of rotatable bonds is 5. The molecule has 0 aliphatic heterocycles. The van der Waals surface area contributed by atoms with E-state index >= 15 is 0 Å². The van der Waals surface area contributed by atoms with E-state index in [0.717, 1.165) is 6.20 Å². The highest BCUT2D eigenvalue weighted by Crippen LogP contribution is 2.07. The topological polar surface area (TPSA) is 152 Å². The van der Waals surface area contributed by atoms with Crippen molar-refractivity contribution in [1.82, 2.24) is 15.3 Å². The minimum Gasteiger partial charge on any atom is -0.481 e. The summed E-state index contributed by atoms with van der Waals surface area (Å²) < 4.78 is 0. The number of aliphatic carboxylic acids is 1. The van der Waals surface area contributed by atoms with Crippen LogP contribution in [0.15, 0.2) is 15.8 Å². The zero-order valence-corrected chi connectivity index (χ0v) is 10.0. The van der Waals surface area contributed by atoms with E-state index in [-0.39, 0.29) is 12.1 Å². The van der Waals surface area contributed by atoms with Gasteiger partial charge in [0.25, 0.3) is 11.5 Å². The summed E-state index contributed by atoms with van der Waals surface area (Å²) in [5, 5.41) is 20.4. The molecule has 0 spiro atoms. The molecule has 0 radical (unpaired) electrons. The molecule has 0 aliphatic carbocycles. The number of nitrogens with one attached hydrogen (secondary N) is 3. The first kappa shape index (κ1) is 14.6. The second-order valence-corrected chi connectivity index (χ2v) is 4.24. The Hall–Kier alpha value is -2.42. The number of carbonyl (C=O) groups excluding carboxylic acids is 1. The highest BCUT2D eigenvalue weighted by atomic mass is 16.4. The molecule has 1 unspecified atom stereocenters. The Morgan fingerprint density at radius 3 is 2.58 bits per heavy atom. The maximum Gasteiger partial charge on any atom is 0.325 e. The smallest absolute Gasteiger partial charge is 0.325 e. The monoisotopic (exact) mass is 271 g/mol. The van der Waals surface area contributed by atoms with Crippen LogP contribution in [-0.4, -0.2) is 44.2 Å². The lowest BCUT2D eigenvalue weighted by Crippen LogP contribution is -2.43. The molecule has 0 bridgehead atoms. The average Bonchev–Trinajstić information content (AvgIpc) is 2.24. The van der Waals surface area contributed by atoms with Gasteiger partial charge in [0.05, 0.1) is 12.0 Å². The third-order valence-corrected chi connectivity index (χ3v) is 2.23. The molecule has 104 valence electrons. The third-order valence-electron chi connectivity index (χ3n) is 2.23. The summed E-state index contributed by atoms with van der Waals surface area (Å²) in [6, 6.07) is 0. The molecular weight excluding hydrogens is 258 g/mol. The standard InChI is InChI=1S/C10H13N3O6/c1-10(19,2-6(14)15)4-12-7(16)5-3-11-9(18)13-8(5)17/h3,19H,2,4H2,1H3,(H,12,16)(H,14,15)(H2,11,13,17,18). The number of aromatic nitrogens is 2. The second kappa shape index (κ2) is 5.48. The van der Waals surface area contributed by atoms with Crippen LogP contribution in [0.25, 0.3) is 0 Å². The van der Waals surface area contributed by atoms with Crippen molar-refractivity contribution in [2.24, 2.45) is 0 Å². The summed E-state index contributed by atoms with van der Waals surface area (Å²) >= 11 is 0. The van der Waals surface area contributed by atoms with Gasteiger partial charge in [-0.1, -0.05) is 0 Å². The van der Waals surface area contributed by atoms with Crippen molar-refractivity contribution in [3.63, 3.8) is 0 Å². The van der Waals surface area contributed by atoms with Crippen LogP contribution in [0.3, 0.4) is 0 Å². The summed E-state index contributed by atoms with van der Waals surface area (Å²) in [7, 11) is 0. The molecule has 19 heavy (non-hydrogen) atoms. The zero-order valence-electron chi connectivity index (χ0n) is 10.0. The van der Waals surface area contributed by atoms with E-state index in [1.165, 1.54) is 6.92 Å². The molecule has 5 N–H and O–H groups in total. The van der Waals surface area contributed by atoms with Gasteiger partial charge in [-0.3, -0.25) is 19.4 Å². The highest BCUT2D eigenvalue weighted by Gasteiger charge is 2.25. The molecule has 0 aromatic carbocycles. The van der Waals surface area contributed by atoms with Crippen molar-refractivity contribution in [2.45, 2.75) is 18.9 Å². The predicted octanol–water partition coefficient (Wildman–Crippen LogP) is -1.98. The first-order chi connectivity index (χ1) is 8.71. The quantitative estimate of drug-likeness (QED) is 0.418. The lowest BCUT2D eigenvalue weighted by Gasteiger charge is -2.21. The Balaban J connectivity index is 2.73. The number of H-pyrrole nitrogens is 2. The summed E-state index contributed by atoms with van der Waals surface area (Å²) in [6.45, 7) is 0.884. The van der Waals surface area contributed by atoms with E-state index in [0.29, 0.717) is 0 Å². The van der Waals surface area contributed by atoms with Gasteiger partial charge in [-0.05, 0) is 6.92 Å². The van der Waals surface area contributed by atoms with Crippen molar-refractivity contribution in [3.05, 3.63) is 32.6 Å². The Bertz CT molecular complexity index is 600. The van der Waals surface area contributed by atoms with Gasteiger partial charge >= 0.3 is 11.7 Å². The van der Waals surface area contributed by atoms with E-state index in [9.17, 15) is 24.3 Å². The molecule has 0 fully saturated rings. The maximum absolute atomic E-state index is 11.6. The molecule has 1 rings (SSSR count). The van der Waals surface area contributed by atoms with Gasteiger partial charge in [0.1, 0.15) is 5.56 Å². The molecule has 1 atom stereocenters. The number of hydrogen-bond acceptors (Lipinski definition) is 5. The lowest BCUT2D eigenvalue weighted by atomic mass is 10.0. The van der Waals surface area contributed by atoms with Crippen molar-refractivity contribution in [3.8, 4) is 0 Å². The number of amides is 1. The van der Waals surface area contributed by atoms with Crippen molar-refractivity contribution in [2.75, 3.05) is 6.54 Å². The Labute approximate surface area is 106 Å². The van der Waals surface area contributed by atoms with E-state index in [1.54, 1.807) is 0 Å². The molecule has 0 aliphatic rings. The van der Waals surface area contributed by atoms with Crippen LogP contribution in [-0.2, 0) is 4.79 Å². The number of carboxylic acid groups (broad SMARTS) is 1. The Morgan fingerprint density at radius 1 is 1.42 bits per heavy atom. The Morgan fingerprint density at radius 2 is 2.05 bits per heavy atom. The first-order valence-corrected chi connectivity index (χ1v) is 5.26. The van der Waals surface area contributed by atoms with Crippen LogP contribution in [0.1, 0.15) is 23.7 Å². The first-order valence-electron chi connectivity index (χ1n) is 5.26. The fourth-order valence-electron chi connectivity index (χ4n) is 1.33. The van der Waals surface area contributed by atoms with Gasteiger partial charge in [0.2, 0.25) is 0 Å². The molecule has 0 saturated carbocycles. The lowest BCUT2D eigenvalue weighted by molar-refractivity contribution is -0.141. The van der Waals surface area contributed by atoms with Gasteiger partial charge in [-0.25, -0.2) is 4.79 Å². The van der Waals surface area contributed by atoms with Crippen LogP contribution in [0.2, 0.25) is 0 Å². The largest absolute Gasteiger partial charge is 0.481 e. The normalized spacial score (nSPS) is 13.6. The molecule has 0 saturated heterocycles. The van der Waals surface area contributed by atoms with Crippen LogP contribution in [0.4, 0.5) is 0 Å². The predicted molar refractivity (Wildman–Crippen MR) is 62.9 cm³/mol. The molecule has 1 aromatic heterocycles. The summed E-state index contributed by atoms with van der Waals surface area (Å²) in [5.41, 5.74) is -3.61. The van der Waals surface area contributed by atoms with Crippen molar-refractivity contribution < 1.29 is 19.8 Å². The number of carbonyl (C=O) groups is 2. The minimum atomic E-state index is -1.64. The van der Waals surface area contributed by atoms with Crippen molar-refractivity contribution in [1.29, 1.82) is 0 Å². The van der Waals surface area contributed by atoms with E-state index in [1.807, 2.05) is 4.98 Å². The summed E-state index contributed by atoms with van der Waals surface area (Å²) in [5.74, 6) is -2.05. The fraction of sp³-hybridized carbons (Fsp3) is 0.400. The fourth-order valence-corrected chi connectivity index (χ4v) is 1.33. The van der Waals surface area contributed by atoms with Gasteiger partial charge < -0.3 is 20.5 Å². The molecular formula is C10H13N3O6. The molecule has 1 aromatic rings. The minimum absolute atomic E-state index is 0.342. The molecule has 9 heteroatoms. The van der Waals surface area contributed by atoms with E-state index in [2.05, 4.69) is 10.3 Å². The van der Waals surface area contributed by atoms with Crippen LogP contribution in [0, 0.1) is 0 Å². The van der Waals surface area contributed by atoms with Gasteiger partial charge in [-0.15, -0.1) is 0 Å². The molecule has 9 nitrogen and oxygen atoms in total. The molecule has 1 amide bonds. The number of aromatic amines is 2. The summed E-state index contributed by atoms with van der Waals surface area (Å²) in [4.78, 5) is 48.1. The van der Waals surface area contributed by atoms with E-state index in [4.69, 9.17) is 5.11 Å². The summed E-state index contributed by atoms with van der Waals surface area (Å²) in [6.07, 6.45) is 0.373. The average molecular weight is 271 g/mol. The number of carboxylic acids is 1. The zero-order chi connectivity index (χ0) is 14.6. The second-order valence-electron chi connectivity index (χ2n) is 4.24. The van der Waals surface area contributed by atoms with Gasteiger partial charge in [0, 0.05) is 12.7 Å². The number of aliphatic hydroxyl groups is 1. The van der Waals surface area contributed by atoms with Crippen LogP contribution >= 0.6 is 0 Å². The third kappa shape index (κ3) is 4.39. The van der Waals surface area contributed by atoms with Gasteiger partial charge in [-0.2, -0.15) is 0 Å². The van der Waals surface area contributed by atoms with E-state index < -0.39 is 35.1 Å². The number of hydrogen-bond donors (Lipinski definition) is 5. The SMILES string of the molecule is CC(O)(CNC(=O)c1c[nH]c(=O)[nH]c1=O)CC(=O)O. The Kier molecular flexibility index (Phi) is 4.22.